The Morgan fingerprint density at radius 3 is 2.46 bits per heavy atom. The van der Waals surface area contributed by atoms with E-state index in [1.807, 2.05) is 24.3 Å². The number of hydrogen-bond acceptors (Lipinski definition) is 4. The van der Waals surface area contributed by atoms with Crippen LogP contribution in [0.5, 0.6) is 0 Å². The van der Waals surface area contributed by atoms with Gasteiger partial charge in [-0.15, -0.1) is 0 Å². The van der Waals surface area contributed by atoms with Crippen molar-refractivity contribution in [1.29, 1.82) is 0 Å². The zero-order valence-corrected chi connectivity index (χ0v) is 15.7. The number of fused-ring (bicyclic) bond motifs is 1. The number of likely N-dealkylation sites (tertiary alicyclic amines) is 1. The number of amides is 1. The van der Waals surface area contributed by atoms with Crippen LogP contribution < -0.4 is 0 Å². The highest BCUT2D eigenvalue weighted by Crippen LogP contribution is 2.22. The number of carbonyl (C=O) groups excluding carboxylic acids is 2. The summed E-state index contributed by atoms with van der Waals surface area (Å²) in [6, 6.07) is 19.4. The van der Waals surface area contributed by atoms with Crippen molar-refractivity contribution in [1.82, 2.24) is 4.90 Å². The predicted octanol–water partition coefficient (Wildman–Crippen LogP) is 4.07. The van der Waals surface area contributed by atoms with E-state index in [-0.39, 0.29) is 18.3 Å². The van der Waals surface area contributed by atoms with E-state index in [1.165, 1.54) is 5.56 Å². The molecule has 144 valence electrons. The molecule has 2 aromatic carbocycles. The van der Waals surface area contributed by atoms with Crippen LogP contribution in [0.1, 0.15) is 29.0 Å². The summed E-state index contributed by atoms with van der Waals surface area (Å²) in [6.07, 6.45) is 2.99. The molecule has 1 saturated heterocycles. The maximum absolute atomic E-state index is 12.4. The minimum atomic E-state index is -0.608. The van der Waals surface area contributed by atoms with E-state index in [4.69, 9.17) is 9.15 Å². The molecule has 0 saturated carbocycles. The number of para-hydroxylation sites is 1. The summed E-state index contributed by atoms with van der Waals surface area (Å²) in [7, 11) is 0. The topological polar surface area (TPSA) is 59.8 Å². The molecular formula is C23H23NO4. The largest absolute Gasteiger partial charge is 0.450 e. The molecule has 5 heteroatoms. The fourth-order valence-electron chi connectivity index (χ4n) is 3.71. The van der Waals surface area contributed by atoms with Crippen molar-refractivity contribution in [2.45, 2.75) is 19.3 Å². The second-order valence-electron chi connectivity index (χ2n) is 7.24. The molecule has 4 rings (SSSR count). The van der Waals surface area contributed by atoms with Crippen LogP contribution >= 0.6 is 0 Å². The zero-order valence-electron chi connectivity index (χ0n) is 15.7. The summed E-state index contributed by atoms with van der Waals surface area (Å²) < 4.78 is 10.7. The average Bonchev–Trinajstić information content (AvgIpc) is 3.17. The highest BCUT2D eigenvalue weighted by atomic mass is 16.5. The van der Waals surface area contributed by atoms with Crippen LogP contribution in [0.4, 0.5) is 0 Å². The van der Waals surface area contributed by atoms with Gasteiger partial charge in [0.25, 0.3) is 5.91 Å². The molecule has 0 spiro atoms. The van der Waals surface area contributed by atoms with E-state index in [2.05, 4.69) is 24.3 Å². The third-order valence-corrected chi connectivity index (χ3v) is 5.29. The van der Waals surface area contributed by atoms with Crippen molar-refractivity contribution in [3.63, 3.8) is 0 Å². The Balaban J connectivity index is 1.25. The Bertz CT molecular complexity index is 922. The van der Waals surface area contributed by atoms with Gasteiger partial charge < -0.3 is 14.1 Å². The SMILES string of the molecule is O=C(OCC(=O)N1CCC(Cc2ccccc2)CC1)c1cc2ccccc2o1. The molecule has 0 radical (unpaired) electrons. The number of benzene rings is 2. The number of ether oxygens (including phenoxy) is 1. The normalized spacial score (nSPS) is 14.9. The Hall–Kier alpha value is -3.08. The molecule has 1 aromatic heterocycles. The molecule has 1 amide bonds. The van der Waals surface area contributed by atoms with Crippen LogP contribution in [-0.2, 0) is 16.0 Å². The average molecular weight is 377 g/mol. The maximum Gasteiger partial charge on any atom is 0.374 e. The van der Waals surface area contributed by atoms with Gasteiger partial charge in [0.05, 0.1) is 0 Å². The highest BCUT2D eigenvalue weighted by Gasteiger charge is 2.24. The van der Waals surface area contributed by atoms with Gasteiger partial charge in [-0.1, -0.05) is 48.5 Å². The molecular weight excluding hydrogens is 354 g/mol. The molecule has 0 unspecified atom stereocenters. The Labute approximate surface area is 163 Å². The quantitative estimate of drug-likeness (QED) is 0.629. The van der Waals surface area contributed by atoms with Gasteiger partial charge in [-0.3, -0.25) is 4.79 Å². The zero-order chi connectivity index (χ0) is 19.3. The van der Waals surface area contributed by atoms with Gasteiger partial charge in [0.15, 0.2) is 6.61 Å². The lowest BCUT2D eigenvalue weighted by Gasteiger charge is -2.32. The number of piperidine rings is 1. The van der Waals surface area contributed by atoms with Gasteiger partial charge in [0, 0.05) is 18.5 Å². The molecule has 3 aromatic rings. The molecule has 5 nitrogen and oxygen atoms in total. The summed E-state index contributed by atoms with van der Waals surface area (Å²) in [6.45, 7) is 1.16. The third-order valence-electron chi connectivity index (χ3n) is 5.29. The number of rotatable bonds is 5. The molecule has 0 N–H and O–H groups in total. The van der Waals surface area contributed by atoms with Gasteiger partial charge in [-0.2, -0.15) is 0 Å². The summed E-state index contributed by atoms with van der Waals surface area (Å²) >= 11 is 0. The molecule has 0 aliphatic carbocycles. The summed E-state index contributed by atoms with van der Waals surface area (Å²) in [5.41, 5.74) is 1.97. The third kappa shape index (κ3) is 4.25. The Morgan fingerprint density at radius 1 is 1.00 bits per heavy atom. The van der Waals surface area contributed by atoms with Crippen molar-refractivity contribution < 1.29 is 18.7 Å². The van der Waals surface area contributed by atoms with Crippen molar-refractivity contribution in [2.75, 3.05) is 19.7 Å². The van der Waals surface area contributed by atoms with E-state index in [0.29, 0.717) is 24.6 Å². The van der Waals surface area contributed by atoms with Crippen LogP contribution in [0.3, 0.4) is 0 Å². The van der Waals surface area contributed by atoms with Gasteiger partial charge in [-0.05, 0) is 42.9 Å². The Morgan fingerprint density at radius 2 is 1.71 bits per heavy atom. The van der Waals surface area contributed by atoms with Crippen molar-refractivity contribution >= 4 is 22.8 Å². The maximum atomic E-state index is 12.4. The van der Waals surface area contributed by atoms with E-state index in [1.54, 1.807) is 17.0 Å². The standard InChI is InChI=1S/C23H23NO4/c25-22(16-27-23(26)21-15-19-8-4-5-9-20(19)28-21)24-12-10-18(11-13-24)14-17-6-2-1-3-7-17/h1-9,15,18H,10-14,16H2. The van der Waals surface area contributed by atoms with Gasteiger partial charge in [0.1, 0.15) is 5.58 Å². The monoisotopic (exact) mass is 377 g/mol. The van der Waals surface area contributed by atoms with Crippen molar-refractivity contribution in [2.24, 2.45) is 5.92 Å². The molecule has 1 fully saturated rings. The number of carbonyl (C=O) groups is 2. The van der Waals surface area contributed by atoms with Crippen LogP contribution in [0.25, 0.3) is 11.0 Å². The predicted molar refractivity (Wildman–Crippen MR) is 106 cm³/mol. The first-order chi connectivity index (χ1) is 13.7. The fraction of sp³-hybridized carbons (Fsp3) is 0.304. The van der Waals surface area contributed by atoms with Crippen LogP contribution in [0.2, 0.25) is 0 Å². The van der Waals surface area contributed by atoms with Crippen molar-refractivity contribution in [3.05, 3.63) is 72.0 Å². The van der Waals surface area contributed by atoms with Crippen LogP contribution in [0, 0.1) is 5.92 Å². The lowest BCUT2D eigenvalue weighted by atomic mass is 9.90. The summed E-state index contributed by atoms with van der Waals surface area (Å²) in [4.78, 5) is 26.3. The minimum Gasteiger partial charge on any atom is -0.450 e. The molecule has 2 heterocycles. The van der Waals surface area contributed by atoms with Crippen LogP contribution in [0.15, 0.2) is 65.1 Å². The van der Waals surface area contributed by atoms with Crippen molar-refractivity contribution in [3.8, 4) is 0 Å². The van der Waals surface area contributed by atoms with E-state index in [9.17, 15) is 9.59 Å². The second kappa shape index (κ2) is 8.30. The lowest BCUT2D eigenvalue weighted by molar-refractivity contribution is -0.135. The summed E-state index contributed by atoms with van der Waals surface area (Å²) in [5.74, 6) is -0.0498. The summed E-state index contributed by atoms with van der Waals surface area (Å²) in [5, 5.41) is 0.835. The van der Waals surface area contributed by atoms with Crippen LogP contribution in [-0.4, -0.2) is 36.5 Å². The molecule has 0 bridgehead atoms. The number of hydrogen-bond donors (Lipinski definition) is 0. The first kappa shape index (κ1) is 18.3. The Kier molecular flexibility index (Phi) is 5.42. The van der Waals surface area contributed by atoms with E-state index in [0.717, 1.165) is 24.6 Å². The van der Waals surface area contributed by atoms with Gasteiger partial charge in [-0.25, -0.2) is 4.79 Å². The number of furan rings is 1. The number of nitrogens with zero attached hydrogens (tertiary/aromatic N) is 1. The number of esters is 1. The fourth-order valence-corrected chi connectivity index (χ4v) is 3.71. The molecule has 1 aliphatic rings. The van der Waals surface area contributed by atoms with Gasteiger partial charge >= 0.3 is 5.97 Å². The molecule has 0 atom stereocenters. The molecule has 1 aliphatic heterocycles. The van der Waals surface area contributed by atoms with E-state index < -0.39 is 5.97 Å². The minimum absolute atomic E-state index is 0.121. The first-order valence-corrected chi connectivity index (χ1v) is 9.66. The first-order valence-electron chi connectivity index (χ1n) is 9.66. The smallest absolute Gasteiger partial charge is 0.374 e. The molecule has 28 heavy (non-hydrogen) atoms. The van der Waals surface area contributed by atoms with Gasteiger partial charge in [0.2, 0.25) is 5.76 Å². The highest BCUT2D eigenvalue weighted by molar-refractivity contribution is 5.93. The second-order valence-corrected chi connectivity index (χ2v) is 7.24. The van der Waals surface area contributed by atoms with E-state index >= 15 is 0 Å². The lowest BCUT2D eigenvalue weighted by Crippen LogP contribution is -2.41.